The number of esters is 1. The number of carbonyl (C=O) groups is 2. The Labute approximate surface area is 306 Å². The van der Waals surface area contributed by atoms with Crippen LogP contribution in [0.3, 0.4) is 0 Å². The molecule has 0 spiro atoms. The molecule has 4 aromatic carbocycles. The lowest BCUT2D eigenvalue weighted by atomic mass is 9.89. The summed E-state index contributed by atoms with van der Waals surface area (Å²) >= 11 is 0. The summed E-state index contributed by atoms with van der Waals surface area (Å²) in [4.78, 5) is 28.7. The first-order valence-corrected chi connectivity index (χ1v) is 18.2. The van der Waals surface area contributed by atoms with Crippen molar-refractivity contribution >= 4 is 12.0 Å². The molecule has 3 N–H and O–H groups in total. The molecule has 0 aliphatic carbocycles. The predicted octanol–water partition coefficient (Wildman–Crippen LogP) is 5.82. The van der Waals surface area contributed by atoms with E-state index in [1.807, 2.05) is 36.4 Å². The van der Waals surface area contributed by atoms with Gasteiger partial charge in [0, 0.05) is 57.3 Å². The molecule has 2 aliphatic heterocycles. The number of piperazine rings is 1. The highest BCUT2D eigenvalue weighted by molar-refractivity contribution is 5.80. The number of aliphatic hydroxyl groups is 1. The Morgan fingerprint density at radius 1 is 0.769 bits per heavy atom. The van der Waals surface area contributed by atoms with Crippen LogP contribution in [0.15, 0.2) is 103 Å². The number of carbonyl (C=O) groups excluding carboxylic acids is 2. The van der Waals surface area contributed by atoms with Crippen LogP contribution >= 0.6 is 0 Å². The standard InChI is InChI=1S/C42H50N4O6/c1-3-50-39(48)26-44-42(49)43-25-33-10-7-11-37(24-33)34-16-18-36(19-17-34)41-51-38(30(2)40(52-41)35-14-12-32(29-47)13-15-35)28-46-22-20-45(21-23-46)27-31-8-5-4-6-9-31/h4-19,24,30,38,40-41,47H,3,20-23,25-29H2,1-2H3,(H2,43,44,49)/t30-,38+,40+,41+/m1/s1. The van der Waals surface area contributed by atoms with Gasteiger partial charge in [0.05, 0.1) is 25.4 Å². The van der Waals surface area contributed by atoms with E-state index < -0.39 is 18.3 Å². The Kier molecular flexibility index (Phi) is 13.1. The number of ether oxygens (including phenoxy) is 3. The van der Waals surface area contributed by atoms with Gasteiger partial charge >= 0.3 is 12.0 Å². The summed E-state index contributed by atoms with van der Waals surface area (Å²) in [7, 11) is 0. The molecule has 0 unspecified atom stereocenters. The quantitative estimate of drug-likeness (QED) is 0.149. The maximum atomic E-state index is 12.2. The van der Waals surface area contributed by atoms with Crippen molar-refractivity contribution in [2.75, 3.05) is 45.9 Å². The molecule has 2 fully saturated rings. The molecule has 2 saturated heterocycles. The number of hydrogen-bond donors (Lipinski definition) is 3. The SMILES string of the molecule is CCOC(=O)CNC(=O)NCc1cccc(-c2ccc([C@H]3O[C@@H](CN4CCN(Cc5ccccc5)CC4)[C@@H](C)[C@@H](c4ccc(CO)cc4)O3)cc2)c1. The second-order valence-electron chi connectivity index (χ2n) is 13.5. The Hall–Kier alpha value is -4.58. The van der Waals surface area contributed by atoms with Crippen molar-refractivity contribution in [3.63, 3.8) is 0 Å². The van der Waals surface area contributed by atoms with Gasteiger partial charge in [-0.15, -0.1) is 0 Å². The van der Waals surface area contributed by atoms with E-state index in [1.54, 1.807) is 6.92 Å². The van der Waals surface area contributed by atoms with Gasteiger partial charge in [0.2, 0.25) is 0 Å². The number of nitrogens with one attached hydrogen (secondary N) is 2. The van der Waals surface area contributed by atoms with Crippen molar-refractivity contribution < 1.29 is 28.9 Å². The predicted molar refractivity (Wildman–Crippen MR) is 200 cm³/mol. The van der Waals surface area contributed by atoms with E-state index in [-0.39, 0.29) is 37.9 Å². The van der Waals surface area contributed by atoms with E-state index in [4.69, 9.17) is 14.2 Å². The molecular weight excluding hydrogens is 656 g/mol. The monoisotopic (exact) mass is 706 g/mol. The van der Waals surface area contributed by atoms with Gasteiger partial charge in [0.25, 0.3) is 0 Å². The highest BCUT2D eigenvalue weighted by atomic mass is 16.7. The largest absolute Gasteiger partial charge is 0.465 e. The minimum absolute atomic E-state index is 0.00416. The van der Waals surface area contributed by atoms with Gasteiger partial charge in [0.15, 0.2) is 6.29 Å². The summed E-state index contributed by atoms with van der Waals surface area (Å²) in [5.74, 6) is -0.362. The molecule has 4 atom stereocenters. The molecule has 10 heteroatoms. The average Bonchev–Trinajstić information content (AvgIpc) is 3.18. The highest BCUT2D eigenvalue weighted by Crippen LogP contribution is 2.42. The lowest BCUT2D eigenvalue weighted by molar-refractivity contribution is -0.276. The molecule has 6 rings (SSSR count). The van der Waals surface area contributed by atoms with Crippen molar-refractivity contribution in [1.29, 1.82) is 0 Å². The van der Waals surface area contributed by atoms with Gasteiger partial charge in [-0.1, -0.05) is 104 Å². The highest BCUT2D eigenvalue weighted by Gasteiger charge is 2.39. The fraction of sp³-hybridized carbons (Fsp3) is 0.381. The van der Waals surface area contributed by atoms with E-state index in [1.165, 1.54) is 5.56 Å². The molecule has 0 bridgehead atoms. The average molecular weight is 707 g/mol. The Balaban J connectivity index is 1.11. The third-order valence-electron chi connectivity index (χ3n) is 9.87. The van der Waals surface area contributed by atoms with Crippen LogP contribution in [0.25, 0.3) is 11.1 Å². The van der Waals surface area contributed by atoms with Gasteiger partial charge in [-0.05, 0) is 46.4 Å². The maximum absolute atomic E-state index is 12.2. The van der Waals surface area contributed by atoms with Crippen LogP contribution in [0.2, 0.25) is 0 Å². The Morgan fingerprint density at radius 2 is 1.46 bits per heavy atom. The van der Waals surface area contributed by atoms with Gasteiger partial charge < -0.3 is 30.0 Å². The normalized spacial score (nSPS) is 21.0. The van der Waals surface area contributed by atoms with Crippen LogP contribution < -0.4 is 10.6 Å². The first-order valence-electron chi connectivity index (χ1n) is 18.2. The first kappa shape index (κ1) is 37.2. The second-order valence-corrected chi connectivity index (χ2v) is 13.5. The number of benzene rings is 4. The van der Waals surface area contributed by atoms with Crippen molar-refractivity contribution in [2.24, 2.45) is 5.92 Å². The summed E-state index contributed by atoms with van der Waals surface area (Å²) in [6.07, 6.45) is -0.754. The summed E-state index contributed by atoms with van der Waals surface area (Å²) < 4.78 is 18.4. The second kappa shape index (κ2) is 18.3. The number of nitrogens with zero attached hydrogens (tertiary/aromatic N) is 2. The zero-order valence-electron chi connectivity index (χ0n) is 30.1. The molecular formula is C42H50N4O6. The Morgan fingerprint density at radius 3 is 2.17 bits per heavy atom. The summed E-state index contributed by atoms with van der Waals surface area (Å²) in [6.45, 7) is 10.2. The van der Waals surface area contributed by atoms with Gasteiger partial charge in [-0.3, -0.25) is 14.6 Å². The zero-order chi connectivity index (χ0) is 36.3. The number of urea groups is 1. The topological polar surface area (TPSA) is 113 Å². The summed E-state index contributed by atoms with van der Waals surface area (Å²) in [5, 5.41) is 14.9. The smallest absolute Gasteiger partial charge is 0.325 e. The molecule has 0 aromatic heterocycles. The molecule has 2 aliphatic rings. The molecule has 274 valence electrons. The van der Waals surface area contributed by atoms with Crippen LogP contribution in [0.4, 0.5) is 4.79 Å². The van der Waals surface area contributed by atoms with E-state index in [9.17, 15) is 14.7 Å². The van der Waals surface area contributed by atoms with Crippen LogP contribution in [0.5, 0.6) is 0 Å². The van der Waals surface area contributed by atoms with Crippen LogP contribution in [-0.4, -0.2) is 78.9 Å². The molecule has 10 nitrogen and oxygen atoms in total. The fourth-order valence-electron chi connectivity index (χ4n) is 6.86. The van der Waals surface area contributed by atoms with Crippen LogP contribution in [-0.2, 0) is 38.7 Å². The van der Waals surface area contributed by atoms with Crippen LogP contribution in [0.1, 0.15) is 54.1 Å². The molecule has 0 radical (unpaired) electrons. The minimum Gasteiger partial charge on any atom is -0.465 e. The third-order valence-corrected chi connectivity index (χ3v) is 9.87. The lowest BCUT2D eigenvalue weighted by Crippen LogP contribution is -2.51. The summed E-state index contributed by atoms with van der Waals surface area (Å²) in [5.41, 5.74) is 7.22. The first-order chi connectivity index (χ1) is 25.4. The fourth-order valence-corrected chi connectivity index (χ4v) is 6.86. The summed E-state index contributed by atoms with van der Waals surface area (Å²) in [6, 6.07) is 34.5. The Bertz CT molecular complexity index is 1730. The number of hydrogen-bond acceptors (Lipinski definition) is 8. The van der Waals surface area contributed by atoms with Gasteiger partial charge in [-0.25, -0.2) is 4.79 Å². The minimum atomic E-state index is -0.541. The van der Waals surface area contributed by atoms with Gasteiger partial charge in [-0.2, -0.15) is 0 Å². The number of amides is 2. The zero-order valence-corrected chi connectivity index (χ0v) is 30.1. The molecule has 2 amide bonds. The van der Waals surface area contributed by atoms with Crippen molar-refractivity contribution in [3.05, 3.63) is 131 Å². The maximum Gasteiger partial charge on any atom is 0.325 e. The van der Waals surface area contributed by atoms with Gasteiger partial charge in [0.1, 0.15) is 6.54 Å². The molecule has 4 aromatic rings. The molecule has 52 heavy (non-hydrogen) atoms. The molecule has 2 heterocycles. The number of aliphatic hydroxyl groups excluding tert-OH is 1. The van der Waals surface area contributed by atoms with E-state index >= 15 is 0 Å². The van der Waals surface area contributed by atoms with Crippen molar-refractivity contribution in [3.8, 4) is 11.1 Å². The molecule has 0 saturated carbocycles. The third kappa shape index (κ3) is 10.1. The van der Waals surface area contributed by atoms with E-state index in [0.29, 0.717) is 6.54 Å². The lowest BCUT2D eigenvalue weighted by Gasteiger charge is -2.44. The van der Waals surface area contributed by atoms with E-state index in [0.717, 1.165) is 72.6 Å². The van der Waals surface area contributed by atoms with Crippen LogP contribution in [0, 0.1) is 5.92 Å². The van der Waals surface area contributed by atoms with Crippen molar-refractivity contribution in [2.45, 2.75) is 52.0 Å². The number of rotatable bonds is 13. The van der Waals surface area contributed by atoms with E-state index in [2.05, 4.69) is 94.1 Å². The van der Waals surface area contributed by atoms with Crippen molar-refractivity contribution in [1.82, 2.24) is 20.4 Å².